The molecule has 0 unspecified atom stereocenters. The van der Waals surface area contributed by atoms with Crippen molar-refractivity contribution in [3.63, 3.8) is 0 Å². The minimum atomic E-state index is -0.376. The van der Waals surface area contributed by atoms with Gasteiger partial charge in [0.2, 0.25) is 0 Å². The summed E-state index contributed by atoms with van der Waals surface area (Å²) in [5.74, 6) is 0.510. The lowest BCUT2D eigenvalue weighted by Gasteiger charge is -2.09. The van der Waals surface area contributed by atoms with E-state index in [1.165, 1.54) is 6.07 Å². The molecule has 6 heteroatoms. The normalized spacial score (nSPS) is 10.8. The number of carbonyl (C=O) groups excluding carboxylic acids is 1. The lowest BCUT2D eigenvalue weighted by atomic mass is 10.1. The smallest absolute Gasteiger partial charge is 0.336 e. The van der Waals surface area contributed by atoms with Crippen LogP contribution in [-0.2, 0) is 11.3 Å². The fraction of sp³-hybridized carbons (Fsp3) is 0.304. The fourth-order valence-corrected chi connectivity index (χ4v) is 2.94. The molecule has 0 spiro atoms. The lowest BCUT2D eigenvalue weighted by Crippen LogP contribution is -2.25. The Morgan fingerprint density at radius 2 is 1.90 bits per heavy atom. The lowest BCUT2D eigenvalue weighted by molar-refractivity contribution is 0.0944. The molecule has 0 radical (unpaired) electrons. The number of hydrogen-bond acceptors (Lipinski definition) is 5. The summed E-state index contributed by atoms with van der Waals surface area (Å²) < 4.78 is 16.3. The van der Waals surface area contributed by atoms with Crippen molar-refractivity contribution in [1.29, 1.82) is 0 Å². The zero-order valence-corrected chi connectivity index (χ0v) is 16.7. The highest BCUT2D eigenvalue weighted by atomic mass is 16.5. The van der Waals surface area contributed by atoms with Gasteiger partial charge in [-0.2, -0.15) is 0 Å². The molecule has 0 aliphatic carbocycles. The van der Waals surface area contributed by atoms with Gasteiger partial charge >= 0.3 is 5.63 Å². The number of benzene rings is 2. The zero-order valence-electron chi connectivity index (χ0n) is 16.7. The topological polar surface area (TPSA) is 77.8 Å². The van der Waals surface area contributed by atoms with Crippen molar-refractivity contribution in [2.24, 2.45) is 0 Å². The number of amides is 1. The van der Waals surface area contributed by atoms with Crippen molar-refractivity contribution in [2.75, 3.05) is 19.8 Å². The first kappa shape index (κ1) is 20.6. The number of carbonyl (C=O) groups is 1. The second kappa shape index (κ2) is 9.89. The molecule has 6 nitrogen and oxygen atoms in total. The Morgan fingerprint density at radius 3 is 2.66 bits per heavy atom. The summed E-state index contributed by atoms with van der Waals surface area (Å²) >= 11 is 0. The third-order valence-electron chi connectivity index (χ3n) is 4.50. The minimum Gasteiger partial charge on any atom is -0.489 e. The Balaban J connectivity index is 1.55. The van der Waals surface area contributed by atoms with Gasteiger partial charge in [-0.15, -0.1) is 0 Å². The molecule has 0 saturated heterocycles. The average molecular weight is 395 g/mol. The number of nitrogens with one attached hydrogen (secondary N) is 1. The van der Waals surface area contributed by atoms with Crippen LogP contribution < -0.4 is 15.7 Å². The van der Waals surface area contributed by atoms with Crippen LogP contribution in [0.15, 0.2) is 57.7 Å². The van der Waals surface area contributed by atoms with E-state index in [4.69, 9.17) is 13.9 Å². The number of aryl methyl sites for hydroxylation is 1. The van der Waals surface area contributed by atoms with Gasteiger partial charge in [0.15, 0.2) is 0 Å². The van der Waals surface area contributed by atoms with Crippen LogP contribution >= 0.6 is 0 Å². The SMILES string of the molecule is CCOCCCNC(=O)c1ccc(COc2ccc3c(C)cc(=O)oc3c2)cc1. The van der Waals surface area contributed by atoms with Gasteiger partial charge in [-0.3, -0.25) is 4.79 Å². The summed E-state index contributed by atoms with van der Waals surface area (Å²) in [5.41, 5.74) is 2.54. The van der Waals surface area contributed by atoms with Crippen LogP contribution in [0.4, 0.5) is 0 Å². The molecule has 1 amide bonds. The maximum absolute atomic E-state index is 12.1. The second-order valence-electron chi connectivity index (χ2n) is 6.70. The Morgan fingerprint density at radius 1 is 1.10 bits per heavy atom. The minimum absolute atomic E-state index is 0.103. The maximum atomic E-state index is 12.1. The molecular weight excluding hydrogens is 370 g/mol. The maximum Gasteiger partial charge on any atom is 0.336 e. The molecule has 3 rings (SSSR count). The molecule has 29 heavy (non-hydrogen) atoms. The Bertz CT molecular complexity index is 1020. The van der Waals surface area contributed by atoms with Crippen LogP contribution in [0.1, 0.15) is 34.8 Å². The third-order valence-corrected chi connectivity index (χ3v) is 4.50. The summed E-state index contributed by atoms with van der Waals surface area (Å²) in [7, 11) is 0. The molecule has 152 valence electrons. The Kier molecular flexibility index (Phi) is 7.03. The quantitative estimate of drug-likeness (QED) is 0.440. The molecule has 2 aromatic carbocycles. The van der Waals surface area contributed by atoms with E-state index in [0.29, 0.717) is 43.3 Å². The first-order valence-electron chi connectivity index (χ1n) is 9.69. The van der Waals surface area contributed by atoms with Gasteiger partial charge in [0.1, 0.15) is 17.9 Å². The van der Waals surface area contributed by atoms with Crippen LogP contribution in [0.25, 0.3) is 11.0 Å². The number of hydrogen-bond donors (Lipinski definition) is 1. The summed E-state index contributed by atoms with van der Waals surface area (Å²) in [5, 5.41) is 3.76. The second-order valence-corrected chi connectivity index (χ2v) is 6.70. The Labute approximate surface area is 169 Å². The van der Waals surface area contributed by atoms with Crippen molar-refractivity contribution in [2.45, 2.75) is 26.9 Å². The molecule has 1 aromatic heterocycles. The molecule has 1 N–H and O–H groups in total. The van der Waals surface area contributed by atoms with E-state index in [1.807, 2.05) is 38.1 Å². The van der Waals surface area contributed by atoms with Gasteiger partial charge in [-0.1, -0.05) is 12.1 Å². The van der Waals surface area contributed by atoms with E-state index >= 15 is 0 Å². The molecule has 0 bridgehead atoms. The van der Waals surface area contributed by atoms with Crippen LogP contribution in [0.3, 0.4) is 0 Å². The van der Waals surface area contributed by atoms with Gasteiger partial charge in [0.05, 0.1) is 0 Å². The van der Waals surface area contributed by atoms with Gasteiger partial charge in [-0.25, -0.2) is 4.79 Å². The van der Waals surface area contributed by atoms with Crippen molar-refractivity contribution in [3.8, 4) is 5.75 Å². The molecule has 0 atom stereocenters. The number of fused-ring (bicyclic) bond motifs is 1. The molecule has 0 saturated carbocycles. The molecule has 1 heterocycles. The van der Waals surface area contributed by atoms with Crippen molar-refractivity contribution >= 4 is 16.9 Å². The van der Waals surface area contributed by atoms with E-state index < -0.39 is 0 Å². The van der Waals surface area contributed by atoms with Crippen molar-refractivity contribution in [1.82, 2.24) is 5.32 Å². The van der Waals surface area contributed by atoms with Crippen LogP contribution in [0.5, 0.6) is 5.75 Å². The van der Waals surface area contributed by atoms with E-state index in [9.17, 15) is 9.59 Å². The van der Waals surface area contributed by atoms with E-state index in [2.05, 4.69) is 5.32 Å². The van der Waals surface area contributed by atoms with Gasteiger partial charge in [0.25, 0.3) is 5.91 Å². The highest BCUT2D eigenvalue weighted by Gasteiger charge is 2.07. The van der Waals surface area contributed by atoms with Crippen LogP contribution in [0.2, 0.25) is 0 Å². The summed E-state index contributed by atoms with van der Waals surface area (Å²) in [6.45, 7) is 6.08. The first-order valence-corrected chi connectivity index (χ1v) is 9.69. The van der Waals surface area contributed by atoms with Crippen molar-refractivity contribution < 1.29 is 18.7 Å². The van der Waals surface area contributed by atoms with Gasteiger partial charge < -0.3 is 19.2 Å². The summed E-state index contributed by atoms with van der Waals surface area (Å²) in [6.07, 6.45) is 0.789. The standard InChI is InChI=1S/C23H25NO5/c1-3-27-12-4-11-24-23(26)18-7-5-17(6-8-18)15-28-19-9-10-20-16(2)13-22(25)29-21(20)14-19/h5-10,13-14H,3-4,11-12,15H2,1-2H3,(H,24,26). The average Bonchev–Trinajstić information content (AvgIpc) is 2.72. The van der Waals surface area contributed by atoms with Gasteiger partial charge in [-0.05, 0) is 55.7 Å². The molecule has 0 fully saturated rings. The summed E-state index contributed by atoms with van der Waals surface area (Å²) in [4.78, 5) is 23.7. The molecule has 0 aliphatic heterocycles. The van der Waals surface area contributed by atoms with E-state index in [1.54, 1.807) is 18.2 Å². The molecule has 0 aliphatic rings. The van der Waals surface area contributed by atoms with Crippen LogP contribution in [-0.4, -0.2) is 25.7 Å². The fourth-order valence-electron chi connectivity index (χ4n) is 2.94. The van der Waals surface area contributed by atoms with Crippen LogP contribution in [0, 0.1) is 6.92 Å². The largest absolute Gasteiger partial charge is 0.489 e. The summed E-state index contributed by atoms with van der Waals surface area (Å²) in [6, 6.07) is 14.2. The third kappa shape index (κ3) is 5.68. The van der Waals surface area contributed by atoms with Gasteiger partial charge in [0, 0.05) is 42.8 Å². The molecule has 3 aromatic rings. The van der Waals surface area contributed by atoms with E-state index in [-0.39, 0.29) is 11.5 Å². The highest BCUT2D eigenvalue weighted by Crippen LogP contribution is 2.23. The predicted molar refractivity (Wildman–Crippen MR) is 111 cm³/mol. The number of rotatable bonds is 9. The van der Waals surface area contributed by atoms with E-state index in [0.717, 1.165) is 22.9 Å². The monoisotopic (exact) mass is 395 g/mol. The molecular formula is C23H25NO5. The zero-order chi connectivity index (χ0) is 20.6. The van der Waals surface area contributed by atoms with Crippen molar-refractivity contribution in [3.05, 3.63) is 75.6 Å². The Hall–Kier alpha value is -3.12. The highest BCUT2D eigenvalue weighted by molar-refractivity contribution is 5.94. The first-order chi connectivity index (χ1) is 14.1. The predicted octanol–water partition coefficient (Wildman–Crippen LogP) is 3.84. The number of ether oxygens (including phenoxy) is 2.